The standard InChI is InChI=1S/C14H16BrN3O/c1-9-13(8-18(2)17-9)16-7-11-6-12(15)5-10-3-4-19-14(10)11/h5-6,8,16H,3-4,7H2,1-2H3. The molecule has 2 aromatic rings. The Bertz CT molecular complexity index is 621. The van der Waals surface area contributed by atoms with E-state index in [-0.39, 0.29) is 0 Å². The summed E-state index contributed by atoms with van der Waals surface area (Å²) < 4.78 is 8.65. The molecular weight excluding hydrogens is 306 g/mol. The Morgan fingerprint density at radius 2 is 2.32 bits per heavy atom. The molecule has 0 bridgehead atoms. The minimum Gasteiger partial charge on any atom is -0.493 e. The Labute approximate surface area is 120 Å². The summed E-state index contributed by atoms with van der Waals surface area (Å²) in [7, 11) is 1.93. The predicted molar refractivity (Wildman–Crippen MR) is 78.6 cm³/mol. The number of ether oxygens (including phenoxy) is 1. The summed E-state index contributed by atoms with van der Waals surface area (Å²) in [6.07, 6.45) is 2.99. The fraction of sp³-hybridized carbons (Fsp3) is 0.357. The highest BCUT2D eigenvalue weighted by molar-refractivity contribution is 9.10. The second-order valence-electron chi connectivity index (χ2n) is 4.81. The quantitative estimate of drug-likeness (QED) is 0.944. The van der Waals surface area contributed by atoms with Gasteiger partial charge >= 0.3 is 0 Å². The molecule has 3 rings (SSSR count). The topological polar surface area (TPSA) is 39.1 Å². The van der Waals surface area contributed by atoms with Crippen LogP contribution in [0.4, 0.5) is 5.69 Å². The molecule has 0 amide bonds. The van der Waals surface area contributed by atoms with Crippen LogP contribution in [0.1, 0.15) is 16.8 Å². The van der Waals surface area contributed by atoms with E-state index in [1.165, 1.54) is 11.1 Å². The largest absolute Gasteiger partial charge is 0.493 e. The first kappa shape index (κ1) is 12.5. The Morgan fingerprint density at radius 3 is 3.05 bits per heavy atom. The highest BCUT2D eigenvalue weighted by Crippen LogP contribution is 2.33. The summed E-state index contributed by atoms with van der Waals surface area (Å²) in [5.74, 6) is 1.04. The van der Waals surface area contributed by atoms with Crippen LogP contribution in [0.5, 0.6) is 5.75 Å². The number of nitrogens with zero attached hydrogens (tertiary/aromatic N) is 2. The molecule has 1 aliphatic rings. The molecule has 0 atom stereocenters. The van der Waals surface area contributed by atoms with Gasteiger partial charge in [-0.3, -0.25) is 4.68 Å². The Morgan fingerprint density at radius 1 is 1.47 bits per heavy atom. The normalized spacial score (nSPS) is 13.2. The first-order valence-corrected chi connectivity index (χ1v) is 7.11. The summed E-state index contributed by atoms with van der Waals surface area (Å²) in [6.45, 7) is 3.53. The lowest BCUT2D eigenvalue weighted by Crippen LogP contribution is -2.02. The number of benzene rings is 1. The van der Waals surface area contributed by atoms with Crippen molar-refractivity contribution in [2.45, 2.75) is 19.9 Å². The van der Waals surface area contributed by atoms with Gasteiger partial charge in [-0.25, -0.2) is 0 Å². The summed E-state index contributed by atoms with van der Waals surface area (Å²) in [6, 6.07) is 4.25. The van der Waals surface area contributed by atoms with E-state index >= 15 is 0 Å². The van der Waals surface area contributed by atoms with Crippen molar-refractivity contribution in [1.29, 1.82) is 0 Å². The van der Waals surface area contributed by atoms with Crippen LogP contribution in [-0.2, 0) is 20.0 Å². The van der Waals surface area contributed by atoms with E-state index < -0.39 is 0 Å². The van der Waals surface area contributed by atoms with Crippen LogP contribution in [-0.4, -0.2) is 16.4 Å². The van der Waals surface area contributed by atoms with E-state index in [0.29, 0.717) is 0 Å². The molecule has 1 aliphatic heterocycles. The van der Waals surface area contributed by atoms with Crippen molar-refractivity contribution in [3.8, 4) is 5.75 Å². The number of aryl methyl sites for hydroxylation is 2. The second-order valence-corrected chi connectivity index (χ2v) is 5.72. The molecule has 100 valence electrons. The summed E-state index contributed by atoms with van der Waals surface area (Å²) in [5, 5.41) is 7.75. The third-order valence-electron chi connectivity index (χ3n) is 3.31. The number of aromatic nitrogens is 2. The molecule has 1 N–H and O–H groups in total. The van der Waals surface area contributed by atoms with Crippen molar-refractivity contribution in [2.75, 3.05) is 11.9 Å². The molecule has 2 heterocycles. The monoisotopic (exact) mass is 321 g/mol. The number of rotatable bonds is 3. The average molecular weight is 322 g/mol. The molecule has 1 aromatic carbocycles. The van der Waals surface area contributed by atoms with Gasteiger partial charge in [0.15, 0.2) is 0 Å². The predicted octanol–water partition coefficient (Wildman–Crippen LogP) is 3.04. The van der Waals surface area contributed by atoms with Crippen LogP contribution in [0, 0.1) is 6.92 Å². The van der Waals surface area contributed by atoms with Gasteiger partial charge in [0.2, 0.25) is 0 Å². The van der Waals surface area contributed by atoms with Crippen LogP contribution in [0.15, 0.2) is 22.8 Å². The number of hydrogen-bond acceptors (Lipinski definition) is 3. The first-order valence-electron chi connectivity index (χ1n) is 6.31. The van der Waals surface area contributed by atoms with Crippen molar-refractivity contribution < 1.29 is 4.74 Å². The van der Waals surface area contributed by atoms with Crippen molar-refractivity contribution >= 4 is 21.6 Å². The lowest BCUT2D eigenvalue weighted by atomic mass is 10.1. The maximum Gasteiger partial charge on any atom is 0.127 e. The maximum absolute atomic E-state index is 5.73. The molecule has 0 radical (unpaired) electrons. The molecule has 0 aliphatic carbocycles. The van der Waals surface area contributed by atoms with E-state index in [4.69, 9.17) is 4.74 Å². The van der Waals surface area contributed by atoms with Crippen LogP contribution in [0.2, 0.25) is 0 Å². The van der Waals surface area contributed by atoms with Gasteiger partial charge in [-0.15, -0.1) is 0 Å². The van der Waals surface area contributed by atoms with Gasteiger partial charge in [0.1, 0.15) is 5.75 Å². The number of nitrogens with one attached hydrogen (secondary N) is 1. The van der Waals surface area contributed by atoms with Gasteiger partial charge in [-0.1, -0.05) is 15.9 Å². The Balaban J connectivity index is 1.82. The van der Waals surface area contributed by atoms with Gasteiger partial charge in [-0.2, -0.15) is 5.10 Å². The summed E-state index contributed by atoms with van der Waals surface area (Å²) in [4.78, 5) is 0. The molecule has 0 fully saturated rings. The van der Waals surface area contributed by atoms with Gasteiger partial charge < -0.3 is 10.1 Å². The Hall–Kier alpha value is -1.49. The van der Waals surface area contributed by atoms with E-state index in [9.17, 15) is 0 Å². The molecule has 4 nitrogen and oxygen atoms in total. The molecule has 0 unspecified atom stereocenters. The van der Waals surface area contributed by atoms with E-state index in [0.717, 1.165) is 41.2 Å². The number of hydrogen-bond donors (Lipinski definition) is 1. The van der Waals surface area contributed by atoms with Crippen molar-refractivity contribution in [1.82, 2.24) is 9.78 Å². The summed E-state index contributed by atoms with van der Waals surface area (Å²) in [5.41, 5.74) is 4.54. The maximum atomic E-state index is 5.73. The zero-order valence-electron chi connectivity index (χ0n) is 11.0. The smallest absolute Gasteiger partial charge is 0.127 e. The van der Waals surface area contributed by atoms with E-state index in [2.05, 4.69) is 38.5 Å². The molecule has 0 saturated heterocycles. The highest BCUT2D eigenvalue weighted by atomic mass is 79.9. The minimum atomic E-state index is 0.744. The Kier molecular flexibility index (Phi) is 3.22. The molecule has 0 spiro atoms. The lowest BCUT2D eigenvalue weighted by molar-refractivity contribution is 0.354. The average Bonchev–Trinajstić information content (AvgIpc) is 2.92. The van der Waals surface area contributed by atoms with Gasteiger partial charge in [-0.05, 0) is 24.6 Å². The van der Waals surface area contributed by atoms with Crippen LogP contribution < -0.4 is 10.1 Å². The van der Waals surface area contributed by atoms with Crippen LogP contribution >= 0.6 is 15.9 Å². The zero-order chi connectivity index (χ0) is 13.4. The van der Waals surface area contributed by atoms with Gasteiger partial charge in [0, 0.05) is 36.2 Å². The third kappa shape index (κ3) is 2.47. The fourth-order valence-electron chi connectivity index (χ4n) is 2.44. The SMILES string of the molecule is Cc1nn(C)cc1NCc1cc(Br)cc2c1OCC2. The highest BCUT2D eigenvalue weighted by Gasteiger charge is 2.17. The molecule has 1 aromatic heterocycles. The first-order chi connectivity index (χ1) is 9.13. The molecule has 0 saturated carbocycles. The van der Waals surface area contributed by atoms with Crippen LogP contribution in [0.3, 0.4) is 0 Å². The van der Waals surface area contributed by atoms with Gasteiger partial charge in [0.05, 0.1) is 18.0 Å². The second kappa shape index (κ2) is 4.89. The van der Waals surface area contributed by atoms with Crippen LogP contribution in [0.25, 0.3) is 0 Å². The van der Waals surface area contributed by atoms with Crippen molar-refractivity contribution in [2.24, 2.45) is 7.05 Å². The third-order valence-corrected chi connectivity index (χ3v) is 3.77. The molecular formula is C14H16BrN3O. The van der Waals surface area contributed by atoms with Crippen molar-refractivity contribution in [3.05, 3.63) is 39.6 Å². The van der Waals surface area contributed by atoms with E-state index in [1.54, 1.807) is 0 Å². The molecule has 19 heavy (non-hydrogen) atoms. The number of anilines is 1. The molecule has 5 heteroatoms. The zero-order valence-corrected chi connectivity index (χ0v) is 12.6. The summed E-state index contributed by atoms with van der Waals surface area (Å²) >= 11 is 3.56. The lowest BCUT2D eigenvalue weighted by Gasteiger charge is -2.10. The van der Waals surface area contributed by atoms with Gasteiger partial charge in [0.25, 0.3) is 0 Å². The fourth-order valence-corrected chi connectivity index (χ4v) is 2.99. The number of fused-ring (bicyclic) bond motifs is 1. The van der Waals surface area contributed by atoms with Crippen molar-refractivity contribution in [3.63, 3.8) is 0 Å². The number of halogens is 1. The van der Waals surface area contributed by atoms with E-state index in [1.807, 2.05) is 24.9 Å². The minimum absolute atomic E-state index is 0.744.